The number of nitrogens with zero attached hydrogens (tertiary/aromatic N) is 1. The van der Waals surface area contributed by atoms with Crippen LogP contribution in [0.15, 0.2) is 48.5 Å². The van der Waals surface area contributed by atoms with E-state index < -0.39 is 16.1 Å². The van der Waals surface area contributed by atoms with Crippen LogP contribution in [-0.4, -0.2) is 26.8 Å². The van der Waals surface area contributed by atoms with E-state index in [1.807, 2.05) is 36.4 Å². The van der Waals surface area contributed by atoms with Crippen molar-refractivity contribution in [1.82, 2.24) is 4.72 Å². The number of anilines is 2. The molecule has 2 aromatic carbocycles. The van der Waals surface area contributed by atoms with Gasteiger partial charge in [0.2, 0.25) is 11.8 Å². The smallest absolute Gasteiger partial charge is 0.326 e. The van der Waals surface area contributed by atoms with Crippen LogP contribution in [0.3, 0.4) is 0 Å². The topological polar surface area (TPSA) is 95.6 Å². The Kier molecular flexibility index (Phi) is 5.27. The summed E-state index contributed by atoms with van der Waals surface area (Å²) < 4.78 is 28.9. The Bertz CT molecular complexity index is 1050. The summed E-state index contributed by atoms with van der Waals surface area (Å²) in [6.45, 7) is 0.335. The van der Waals surface area contributed by atoms with Gasteiger partial charge in [-0.2, -0.15) is 8.42 Å². The van der Waals surface area contributed by atoms with Gasteiger partial charge in [-0.05, 0) is 48.9 Å². The van der Waals surface area contributed by atoms with E-state index in [1.54, 1.807) is 12.1 Å². The minimum Gasteiger partial charge on any atom is -0.326 e. The fourth-order valence-corrected chi connectivity index (χ4v) is 5.26. The molecular weight excluding hydrogens is 390 g/mol. The fraction of sp³-hybridized carbons (Fsp3) is 0.333. The molecule has 29 heavy (non-hydrogen) atoms. The maximum absolute atomic E-state index is 12.8. The van der Waals surface area contributed by atoms with Crippen molar-refractivity contribution in [2.75, 3.05) is 16.2 Å². The van der Waals surface area contributed by atoms with Crippen molar-refractivity contribution in [1.29, 1.82) is 0 Å². The van der Waals surface area contributed by atoms with Crippen molar-refractivity contribution in [2.24, 2.45) is 5.92 Å². The SMILES string of the molecule is O=C(CC[C@@H]1Cc2ccccc2NC1=O)NS(=O)(=O)N1CCCc2ccccc21. The van der Waals surface area contributed by atoms with Gasteiger partial charge in [-0.25, -0.2) is 4.72 Å². The number of carbonyl (C=O) groups is 2. The van der Waals surface area contributed by atoms with E-state index in [0.29, 0.717) is 25.1 Å². The van der Waals surface area contributed by atoms with Gasteiger partial charge in [-0.15, -0.1) is 0 Å². The number of nitrogens with one attached hydrogen (secondary N) is 2. The molecule has 2 aliphatic heterocycles. The monoisotopic (exact) mass is 413 g/mol. The molecule has 0 bridgehead atoms. The van der Waals surface area contributed by atoms with Gasteiger partial charge in [0.15, 0.2) is 0 Å². The van der Waals surface area contributed by atoms with Crippen molar-refractivity contribution >= 4 is 33.4 Å². The number of rotatable bonds is 5. The van der Waals surface area contributed by atoms with Gasteiger partial charge in [0.1, 0.15) is 0 Å². The number of carbonyl (C=O) groups excluding carboxylic acids is 2. The highest BCUT2D eigenvalue weighted by Gasteiger charge is 2.30. The summed E-state index contributed by atoms with van der Waals surface area (Å²) in [4.78, 5) is 24.6. The summed E-state index contributed by atoms with van der Waals surface area (Å²) in [6.07, 6.45) is 2.32. The predicted octanol–water partition coefficient (Wildman–Crippen LogP) is 2.39. The van der Waals surface area contributed by atoms with Crippen LogP contribution in [0.4, 0.5) is 11.4 Å². The van der Waals surface area contributed by atoms with Crippen molar-refractivity contribution in [3.8, 4) is 0 Å². The van der Waals surface area contributed by atoms with Gasteiger partial charge in [0.05, 0.1) is 5.69 Å². The van der Waals surface area contributed by atoms with Crippen LogP contribution in [0.25, 0.3) is 0 Å². The highest BCUT2D eigenvalue weighted by atomic mass is 32.2. The quantitative estimate of drug-likeness (QED) is 0.787. The Morgan fingerprint density at radius 2 is 1.83 bits per heavy atom. The first-order valence-corrected chi connectivity index (χ1v) is 11.2. The van der Waals surface area contributed by atoms with E-state index in [2.05, 4.69) is 10.0 Å². The molecule has 0 radical (unpaired) electrons. The van der Waals surface area contributed by atoms with E-state index in [9.17, 15) is 18.0 Å². The third-order valence-corrected chi connectivity index (χ3v) is 6.88. The Morgan fingerprint density at radius 3 is 2.66 bits per heavy atom. The van der Waals surface area contributed by atoms with Crippen LogP contribution in [0.5, 0.6) is 0 Å². The van der Waals surface area contributed by atoms with Crippen molar-refractivity contribution in [2.45, 2.75) is 32.1 Å². The first kappa shape index (κ1) is 19.4. The molecule has 2 aromatic rings. The van der Waals surface area contributed by atoms with Crippen LogP contribution in [0.2, 0.25) is 0 Å². The van der Waals surface area contributed by atoms with Crippen LogP contribution < -0.4 is 14.3 Å². The molecule has 0 saturated heterocycles. The lowest BCUT2D eigenvalue weighted by Gasteiger charge is -2.30. The zero-order chi connectivity index (χ0) is 20.4. The lowest BCUT2D eigenvalue weighted by atomic mass is 9.90. The zero-order valence-corrected chi connectivity index (χ0v) is 16.7. The van der Waals surface area contributed by atoms with Crippen LogP contribution in [0, 0.1) is 5.92 Å². The standard InChI is InChI=1S/C21H23N3O4S/c25-20(12-11-17-14-16-7-1-3-9-18(16)22-21(17)26)23-29(27,28)24-13-5-8-15-6-2-4-10-19(15)24/h1-4,6-7,9-10,17H,5,8,11-14H2,(H,22,26)(H,23,25)/t17-/m1/s1. The van der Waals surface area contributed by atoms with Gasteiger partial charge in [-0.1, -0.05) is 36.4 Å². The largest absolute Gasteiger partial charge is 0.326 e. The summed E-state index contributed by atoms with van der Waals surface area (Å²) in [5.74, 6) is -1.09. The average molecular weight is 413 g/mol. The molecule has 0 saturated carbocycles. The minimum absolute atomic E-state index is 0.0328. The van der Waals surface area contributed by atoms with Crippen molar-refractivity contribution in [3.05, 3.63) is 59.7 Å². The third kappa shape index (κ3) is 4.12. The van der Waals surface area contributed by atoms with Gasteiger partial charge in [0, 0.05) is 24.6 Å². The lowest BCUT2D eigenvalue weighted by molar-refractivity contribution is -0.121. The molecule has 0 spiro atoms. The molecule has 1 atom stereocenters. The van der Waals surface area contributed by atoms with Gasteiger partial charge < -0.3 is 5.32 Å². The van der Waals surface area contributed by atoms with Crippen molar-refractivity contribution in [3.63, 3.8) is 0 Å². The molecule has 2 heterocycles. The van der Waals surface area contributed by atoms with Crippen molar-refractivity contribution < 1.29 is 18.0 Å². The summed E-state index contributed by atoms with van der Waals surface area (Å²) in [5.41, 5.74) is 3.39. The second-order valence-electron chi connectivity index (χ2n) is 7.42. The third-order valence-electron chi connectivity index (χ3n) is 5.43. The highest BCUT2D eigenvalue weighted by molar-refractivity contribution is 7.91. The van der Waals surface area contributed by atoms with E-state index in [4.69, 9.17) is 0 Å². The maximum atomic E-state index is 12.8. The molecule has 2 aliphatic rings. The molecule has 7 nitrogen and oxygen atoms in total. The maximum Gasteiger partial charge on any atom is 0.326 e. The molecule has 2 N–H and O–H groups in total. The molecule has 4 rings (SSSR count). The van der Waals surface area contributed by atoms with Crippen LogP contribution in [-0.2, 0) is 32.6 Å². The van der Waals surface area contributed by atoms with Crippen LogP contribution >= 0.6 is 0 Å². The lowest BCUT2D eigenvalue weighted by Crippen LogP contribution is -2.46. The molecule has 0 aromatic heterocycles. The molecule has 152 valence electrons. The summed E-state index contributed by atoms with van der Waals surface area (Å²) in [7, 11) is -3.98. The second kappa shape index (κ2) is 7.87. The molecule has 8 heteroatoms. The van der Waals surface area contributed by atoms with Gasteiger partial charge in [-0.3, -0.25) is 13.9 Å². The molecule has 0 unspecified atom stereocenters. The van der Waals surface area contributed by atoms with E-state index >= 15 is 0 Å². The predicted molar refractivity (Wildman–Crippen MR) is 111 cm³/mol. The van der Waals surface area contributed by atoms with E-state index in [-0.39, 0.29) is 24.7 Å². The number of benzene rings is 2. The van der Waals surface area contributed by atoms with Crippen LogP contribution in [0.1, 0.15) is 30.4 Å². The number of fused-ring (bicyclic) bond motifs is 2. The summed E-state index contributed by atoms with van der Waals surface area (Å²) in [6, 6.07) is 14.9. The number of para-hydroxylation sites is 2. The Labute approximate surface area is 170 Å². The molecule has 0 fully saturated rings. The zero-order valence-electron chi connectivity index (χ0n) is 15.9. The van der Waals surface area contributed by atoms with E-state index in [1.165, 1.54) is 4.31 Å². The summed E-state index contributed by atoms with van der Waals surface area (Å²) >= 11 is 0. The number of hydrogen-bond acceptors (Lipinski definition) is 4. The fourth-order valence-electron chi connectivity index (χ4n) is 3.95. The normalized spacial score (nSPS) is 18.4. The average Bonchev–Trinajstić information content (AvgIpc) is 2.71. The minimum atomic E-state index is -3.98. The van der Waals surface area contributed by atoms with Gasteiger partial charge >= 0.3 is 10.2 Å². The van der Waals surface area contributed by atoms with Gasteiger partial charge in [0.25, 0.3) is 0 Å². The number of amides is 2. The number of hydrogen-bond donors (Lipinski definition) is 2. The highest BCUT2D eigenvalue weighted by Crippen LogP contribution is 2.29. The Hall–Kier alpha value is -2.87. The second-order valence-corrected chi connectivity index (χ2v) is 9.02. The molecular formula is C21H23N3O4S. The molecule has 2 amide bonds. The summed E-state index contributed by atoms with van der Waals surface area (Å²) in [5, 5.41) is 2.85. The Balaban J connectivity index is 1.38. The first-order chi connectivity index (χ1) is 13.9. The van der Waals surface area contributed by atoms with E-state index in [0.717, 1.165) is 23.2 Å². The number of aryl methyl sites for hydroxylation is 1. The Morgan fingerprint density at radius 1 is 1.10 bits per heavy atom. The first-order valence-electron chi connectivity index (χ1n) is 9.74. The molecule has 0 aliphatic carbocycles.